The molecule has 0 bridgehead atoms. The van der Waals surface area contributed by atoms with Crippen LogP contribution < -0.4 is 0 Å². The number of hydrogen-bond donors (Lipinski definition) is 3. The summed E-state index contributed by atoms with van der Waals surface area (Å²) < 4.78 is 26.4. The topological polar surface area (TPSA) is 149 Å². The summed E-state index contributed by atoms with van der Waals surface area (Å²) in [7, 11) is -4.25. The lowest BCUT2D eigenvalue weighted by Gasteiger charge is -2.15. The average molecular weight is 423 g/mol. The summed E-state index contributed by atoms with van der Waals surface area (Å²) in [6, 6.07) is 14.5. The Balaban J connectivity index is 2.24. The lowest BCUT2D eigenvalue weighted by Crippen LogP contribution is -2.03. The van der Waals surface area contributed by atoms with E-state index in [1.165, 1.54) is 36.4 Å². The second kappa shape index (κ2) is 7.08. The van der Waals surface area contributed by atoms with Crippen molar-refractivity contribution in [1.82, 2.24) is 0 Å². The van der Waals surface area contributed by atoms with Crippen LogP contribution in [0.3, 0.4) is 0 Å². The van der Waals surface area contributed by atoms with Crippen molar-refractivity contribution in [3.63, 3.8) is 0 Å². The van der Waals surface area contributed by atoms with Crippen LogP contribution in [0.2, 0.25) is 0 Å². The second-order valence-corrected chi connectivity index (χ2v) is 8.24. The van der Waals surface area contributed by atoms with Crippen molar-refractivity contribution in [3.8, 4) is 17.2 Å². The maximum Gasteiger partial charge on any atom is 0.208 e. The lowest BCUT2D eigenvalue weighted by molar-refractivity contribution is 0.462. The highest BCUT2D eigenvalue weighted by Gasteiger charge is 2.29. The minimum Gasteiger partial charge on any atom is -0.507 e. The van der Waals surface area contributed by atoms with Gasteiger partial charge in [0.25, 0.3) is 0 Å². The van der Waals surface area contributed by atoms with Crippen molar-refractivity contribution in [3.05, 3.63) is 65.6 Å². The first-order valence-electron chi connectivity index (χ1n) is 8.53. The molecule has 150 valence electrons. The first-order chi connectivity index (χ1) is 14.4. The van der Waals surface area contributed by atoms with E-state index in [2.05, 4.69) is 15.6 Å². The van der Waals surface area contributed by atoms with Crippen LogP contribution >= 0.6 is 0 Å². The molecule has 10 heteroatoms. The van der Waals surface area contributed by atoms with Crippen molar-refractivity contribution in [2.75, 3.05) is 0 Å². The van der Waals surface area contributed by atoms with E-state index in [-0.39, 0.29) is 26.4 Å². The van der Waals surface area contributed by atoms with E-state index in [4.69, 9.17) is 0 Å². The minimum atomic E-state index is -4.25. The van der Waals surface area contributed by atoms with Crippen LogP contribution in [0.5, 0.6) is 17.2 Å². The molecule has 0 saturated heterocycles. The molecule has 0 radical (unpaired) electrons. The summed E-state index contributed by atoms with van der Waals surface area (Å²) in [6.45, 7) is 0. The molecule has 4 rings (SSSR count). The third-order valence-electron chi connectivity index (χ3n) is 4.68. The van der Waals surface area contributed by atoms with Gasteiger partial charge in [-0.1, -0.05) is 42.5 Å². The zero-order valence-corrected chi connectivity index (χ0v) is 15.9. The Morgan fingerprint density at radius 2 is 1.33 bits per heavy atom. The molecule has 0 fully saturated rings. The quantitative estimate of drug-likeness (QED) is 0.142. The molecule has 0 aliphatic carbocycles. The third-order valence-corrected chi connectivity index (χ3v) is 6.46. The van der Waals surface area contributed by atoms with Crippen molar-refractivity contribution in [2.45, 2.75) is 9.79 Å². The van der Waals surface area contributed by atoms with Gasteiger partial charge in [-0.05, 0) is 17.4 Å². The highest BCUT2D eigenvalue weighted by atomic mass is 32.2. The van der Waals surface area contributed by atoms with E-state index in [0.717, 1.165) is 6.07 Å². The van der Waals surface area contributed by atoms with E-state index in [9.17, 15) is 28.6 Å². The molecule has 0 saturated carbocycles. The second-order valence-electron chi connectivity index (χ2n) is 6.32. The smallest absolute Gasteiger partial charge is 0.208 e. The molecule has 0 aliphatic rings. The monoisotopic (exact) mass is 423 g/mol. The van der Waals surface area contributed by atoms with Crippen molar-refractivity contribution < 1.29 is 23.7 Å². The van der Waals surface area contributed by atoms with Crippen molar-refractivity contribution >= 4 is 37.1 Å². The molecule has 0 unspecified atom stereocenters. The standard InChI is InChI=1S/C20H13N3O6S/c24-14-10-15(30(28,29)11-6-2-1-3-7-11)18(21-22-23-27)17-16(14)19(25)12-8-4-5-9-13(12)20(17)26/h1-10,24-26H. The Kier molecular flexibility index (Phi) is 4.55. The third kappa shape index (κ3) is 2.81. The number of nitrogens with zero attached hydrogens (tertiary/aromatic N) is 3. The molecule has 9 nitrogen and oxygen atoms in total. The molecule has 0 aliphatic heterocycles. The number of benzene rings is 4. The molecule has 30 heavy (non-hydrogen) atoms. The van der Waals surface area contributed by atoms with Crippen LogP contribution in [0.1, 0.15) is 0 Å². The lowest BCUT2D eigenvalue weighted by atomic mass is 9.99. The maximum absolute atomic E-state index is 13.2. The highest BCUT2D eigenvalue weighted by molar-refractivity contribution is 7.91. The first kappa shape index (κ1) is 19.3. The average Bonchev–Trinajstić information content (AvgIpc) is 2.76. The van der Waals surface area contributed by atoms with Crippen LogP contribution in [-0.2, 0) is 9.84 Å². The molecule has 4 aromatic rings. The fourth-order valence-corrected chi connectivity index (χ4v) is 4.80. The van der Waals surface area contributed by atoms with Crippen LogP contribution in [0.15, 0.2) is 86.1 Å². The fourth-order valence-electron chi connectivity index (χ4n) is 3.36. The van der Waals surface area contributed by atoms with E-state index in [1.807, 2.05) is 0 Å². The van der Waals surface area contributed by atoms with Gasteiger partial charge in [0.2, 0.25) is 9.84 Å². The number of rotatable bonds is 4. The number of phenolic OH excluding ortho intramolecular Hbond substituents is 3. The SMILES string of the molecule is O=NN=Nc1c(S(=O)(=O)c2ccccc2)cc(O)c2c(O)c3ccccc3c(O)c12. The zero-order chi connectivity index (χ0) is 21.5. The van der Waals surface area contributed by atoms with Gasteiger partial charge in [-0.3, -0.25) is 0 Å². The molecule has 0 amide bonds. The zero-order valence-electron chi connectivity index (χ0n) is 15.1. The number of phenols is 3. The summed E-state index contributed by atoms with van der Waals surface area (Å²) in [5, 5.41) is 40.9. The number of hydrogen-bond acceptors (Lipinski definition) is 7. The van der Waals surface area contributed by atoms with E-state index in [0.29, 0.717) is 0 Å². The minimum absolute atomic E-state index is 0.108. The highest BCUT2D eigenvalue weighted by Crippen LogP contribution is 2.51. The molecule has 4 aromatic carbocycles. The summed E-state index contributed by atoms with van der Waals surface area (Å²) in [5.74, 6) is -1.44. The van der Waals surface area contributed by atoms with Gasteiger partial charge >= 0.3 is 0 Å². The Hall–Kier alpha value is -4.05. The van der Waals surface area contributed by atoms with E-state index >= 15 is 0 Å². The summed E-state index contributed by atoms with van der Waals surface area (Å²) >= 11 is 0. The van der Waals surface area contributed by atoms with Gasteiger partial charge in [0.05, 0.1) is 15.7 Å². The van der Waals surface area contributed by atoms with E-state index < -0.39 is 37.7 Å². The number of fused-ring (bicyclic) bond motifs is 2. The molecule has 0 heterocycles. The largest absolute Gasteiger partial charge is 0.507 e. The van der Waals surface area contributed by atoms with Gasteiger partial charge in [-0.25, -0.2) is 8.42 Å². The maximum atomic E-state index is 13.2. The Morgan fingerprint density at radius 1 is 0.767 bits per heavy atom. The molecule has 0 spiro atoms. The van der Waals surface area contributed by atoms with E-state index in [1.54, 1.807) is 18.2 Å². The predicted octanol–water partition coefficient (Wildman–Crippen LogP) is 4.71. The normalized spacial score (nSPS) is 12.0. The number of aromatic hydroxyl groups is 3. The van der Waals surface area contributed by atoms with Crippen LogP contribution in [0.25, 0.3) is 21.5 Å². The Morgan fingerprint density at radius 3 is 1.93 bits per heavy atom. The van der Waals surface area contributed by atoms with Crippen LogP contribution in [0.4, 0.5) is 5.69 Å². The Labute approximate surface area is 169 Å². The summed E-state index contributed by atoms with van der Waals surface area (Å²) in [4.78, 5) is 9.93. The molecular formula is C20H13N3O6S. The number of nitroso groups, excluding NO2 is 1. The van der Waals surface area contributed by atoms with Crippen LogP contribution in [-0.4, -0.2) is 23.7 Å². The Bertz CT molecular complexity index is 1450. The van der Waals surface area contributed by atoms with Gasteiger partial charge in [0.1, 0.15) is 33.1 Å². The molecule has 0 atom stereocenters. The number of sulfone groups is 1. The van der Waals surface area contributed by atoms with Gasteiger partial charge in [-0.15, -0.1) is 10.0 Å². The fraction of sp³-hybridized carbons (Fsp3) is 0. The first-order valence-corrected chi connectivity index (χ1v) is 10.0. The van der Waals surface area contributed by atoms with Crippen molar-refractivity contribution in [1.29, 1.82) is 0 Å². The van der Waals surface area contributed by atoms with Crippen molar-refractivity contribution in [2.24, 2.45) is 15.6 Å². The molecule has 0 aromatic heterocycles. The van der Waals surface area contributed by atoms with Gasteiger partial charge < -0.3 is 15.3 Å². The van der Waals surface area contributed by atoms with Crippen LogP contribution in [0, 0.1) is 4.91 Å². The summed E-state index contributed by atoms with van der Waals surface area (Å²) in [6.07, 6.45) is 0. The van der Waals surface area contributed by atoms with Gasteiger partial charge in [0.15, 0.2) is 0 Å². The molecular weight excluding hydrogens is 410 g/mol. The summed E-state index contributed by atoms with van der Waals surface area (Å²) in [5.41, 5.74) is -0.440. The van der Waals surface area contributed by atoms with Gasteiger partial charge in [0, 0.05) is 16.8 Å². The molecule has 3 N–H and O–H groups in total. The van der Waals surface area contributed by atoms with Gasteiger partial charge in [-0.2, -0.15) is 0 Å². The predicted molar refractivity (Wildman–Crippen MR) is 109 cm³/mol.